The molecule has 0 fully saturated rings. The highest BCUT2D eigenvalue weighted by atomic mass is 79.9. The molecule has 0 saturated heterocycles. The molecule has 0 aliphatic heterocycles. The molecule has 0 aliphatic rings. The van der Waals surface area contributed by atoms with E-state index >= 15 is 0 Å². The lowest BCUT2D eigenvalue weighted by Crippen LogP contribution is -1.95. The summed E-state index contributed by atoms with van der Waals surface area (Å²) in [5.74, 6) is 0.863. The van der Waals surface area contributed by atoms with Crippen LogP contribution < -0.4 is 4.74 Å². The van der Waals surface area contributed by atoms with Crippen LogP contribution in [0, 0.1) is 0 Å². The van der Waals surface area contributed by atoms with Crippen molar-refractivity contribution in [2.75, 3.05) is 0 Å². The fraction of sp³-hybridized carbons (Fsp3) is 0.133. The minimum Gasteiger partial charge on any atom is -0.486 e. The number of aromatic nitrogens is 1. The molecule has 102 valence electrons. The second-order valence-electron chi connectivity index (χ2n) is 4.25. The van der Waals surface area contributed by atoms with E-state index in [1.165, 1.54) is 10.3 Å². The molecule has 0 spiro atoms. The molecule has 1 heterocycles. The Morgan fingerprint density at radius 1 is 1.15 bits per heavy atom. The molecular weight excluding hydrogens is 402 g/mol. The van der Waals surface area contributed by atoms with Crippen molar-refractivity contribution >= 4 is 53.4 Å². The maximum absolute atomic E-state index is 5.83. The van der Waals surface area contributed by atoms with E-state index in [0.717, 1.165) is 26.1 Å². The summed E-state index contributed by atoms with van der Waals surface area (Å²) in [5.41, 5.74) is 2.21. The van der Waals surface area contributed by atoms with Crippen LogP contribution in [-0.4, -0.2) is 4.98 Å². The standard InChI is InChI=1S/C15H11Br2NOS/c16-8-10-7-11(5-6-12(10)17)19-9-15-18-13-3-1-2-4-14(13)20-15/h1-7H,8-9H2. The molecule has 3 aromatic rings. The largest absolute Gasteiger partial charge is 0.486 e. The predicted molar refractivity (Wildman–Crippen MR) is 90.7 cm³/mol. The summed E-state index contributed by atoms with van der Waals surface area (Å²) in [6.45, 7) is 0.503. The van der Waals surface area contributed by atoms with Crippen molar-refractivity contribution in [1.82, 2.24) is 4.98 Å². The SMILES string of the molecule is BrCc1cc(OCc2nc3ccccc3s2)ccc1Br. The van der Waals surface area contributed by atoms with E-state index in [0.29, 0.717) is 6.61 Å². The minimum absolute atomic E-state index is 0.503. The summed E-state index contributed by atoms with van der Waals surface area (Å²) < 4.78 is 8.11. The highest BCUT2D eigenvalue weighted by molar-refractivity contribution is 9.10. The lowest BCUT2D eigenvalue weighted by atomic mass is 10.2. The number of hydrogen-bond acceptors (Lipinski definition) is 3. The van der Waals surface area contributed by atoms with Gasteiger partial charge >= 0.3 is 0 Å². The fourth-order valence-electron chi connectivity index (χ4n) is 1.87. The topological polar surface area (TPSA) is 22.1 Å². The Morgan fingerprint density at radius 3 is 2.80 bits per heavy atom. The fourth-order valence-corrected chi connectivity index (χ4v) is 3.98. The van der Waals surface area contributed by atoms with Gasteiger partial charge in [0, 0.05) is 9.80 Å². The lowest BCUT2D eigenvalue weighted by molar-refractivity contribution is 0.305. The zero-order chi connectivity index (χ0) is 13.9. The molecule has 2 aromatic carbocycles. The van der Waals surface area contributed by atoms with Crippen LogP contribution in [0.2, 0.25) is 0 Å². The average molecular weight is 413 g/mol. The molecular formula is C15H11Br2NOS. The number of nitrogens with zero attached hydrogens (tertiary/aromatic N) is 1. The Kier molecular flexibility index (Phi) is 4.38. The number of para-hydroxylation sites is 1. The van der Waals surface area contributed by atoms with E-state index in [1.54, 1.807) is 11.3 Å². The molecule has 0 unspecified atom stereocenters. The third kappa shape index (κ3) is 3.05. The Bertz CT molecular complexity index is 709. The average Bonchev–Trinajstić information content (AvgIpc) is 2.89. The van der Waals surface area contributed by atoms with Crippen molar-refractivity contribution in [2.45, 2.75) is 11.9 Å². The van der Waals surface area contributed by atoms with E-state index in [4.69, 9.17) is 4.74 Å². The van der Waals surface area contributed by atoms with Crippen LogP contribution in [0.5, 0.6) is 5.75 Å². The molecule has 0 radical (unpaired) electrons. The van der Waals surface area contributed by atoms with Gasteiger partial charge < -0.3 is 4.74 Å². The zero-order valence-electron chi connectivity index (χ0n) is 10.5. The van der Waals surface area contributed by atoms with Crippen molar-refractivity contribution < 1.29 is 4.74 Å². The van der Waals surface area contributed by atoms with E-state index in [9.17, 15) is 0 Å². The van der Waals surface area contributed by atoms with Crippen molar-refractivity contribution in [3.8, 4) is 5.75 Å². The van der Waals surface area contributed by atoms with Gasteiger partial charge in [0.2, 0.25) is 0 Å². The number of halogens is 2. The van der Waals surface area contributed by atoms with Crippen LogP contribution in [-0.2, 0) is 11.9 Å². The molecule has 3 rings (SSSR count). The van der Waals surface area contributed by atoms with Crippen molar-refractivity contribution in [2.24, 2.45) is 0 Å². The van der Waals surface area contributed by atoms with Crippen LogP contribution >= 0.6 is 43.2 Å². The summed E-state index contributed by atoms with van der Waals surface area (Å²) >= 11 is 8.65. The highest BCUT2D eigenvalue weighted by Gasteiger charge is 2.05. The summed E-state index contributed by atoms with van der Waals surface area (Å²) in [6.07, 6.45) is 0. The Balaban J connectivity index is 1.75. The van der Waals surface area contributed by atoms with Crippen molar-refractivity contribution in [3.63, 3.8) is 0 Å². The number of hydrogen-bond donors (Lipinski definition) is 0. The van der Waals surface area contributed by atoms with Gasteiger partial charge in [-0.3, -0.25) is 0 Å². The molecule has 20 heavy (non-hydrogen) atoms. The normalized spacial score (nSPS) is 10.9. The van der Waals surface area contributed by atoms with Crippen molar-refractivity contribution in [3.05, 3.63) is 57.5 Å². The first-order valence-corrected chi connectivity index (χ1v) is 8.81. The second kappa shape index (κ2) is 6.24. The number of thiazole rings is 1. The van der Waals surface area contributed by atoms with E-state index in [-0.39, 0.29) is 0 Å². The molecule has 1 aromatic heterocycles. The predicted octanol–water partition coefficient (Wildman–Crippen LogP) is 5.53. The number of fused-ring (bicyclic) bond motifs is 1. The number of rotatable bonds is 4. The van der Waals surface area contributed by atoms with Crippen LogP contribution in [0.25, 0.3) is 10.2 Å². The maximum Gasteiger partial charge on any atom is 0.140 e. The third-order valence-corrected chi connectivity index (χ3v) is 5.25. The Morgan fingerprint density at radius 2 is 2.00 bits per heavy atom. The second-order valence-corrected chi connectivity index (χ2v) is 6.78. The first-order valence-electron chi connectivity index (χ1n) is 6.08. The van der Waals surface area contributed by atoms with Gasteiger partial charge in [-0.25, -0.2) is 4.98 Å². The Labute approximate surface area is 138 Å². The summed E-state index contributed by atoms with van der Waals surface area (Å²) in [6, 6.07) is 14.1. The third-order valence-electron chi connectivity index (χ3n) is 2.86. The molecule has 0 atom stereocenters. The number of benzene rings is 2. The number of ether oxygens (including phenoxy) is 1. The van der Waals surface area contributed by atoms with Crippen LogP contribution in [0.3, 0.4) is 0 Å². The summed E-state index contributed by atoms with van der Waals surface area (Å²) in [7, 11) is 0. The highest BCUT2D eigenvalue weighted by Crippen LogP contribution is 2.26. The van der Waals surface area contributed by atoms with Gasteiger partial charge in [0.25, 0.3) is 0 Å². The monoisotopic (exact) mass is 411 g/mol. The van der Waals surface area contributed by atoms with E-state index in [1.807, 2.05) is 36.4 Å². The first-order chi connectivity index (χ1) is 9.76. The van der Waals surface area contributed by atoms with Crippen molar-refractivity contribution in [1.29, 1.82) is 0 Å². The zero-order valence-corrected chi connectivity index (χ0v) is 14.5. The minimum atomic E-state index is 0.503. The molecule has 2 nitrogen and oxygen atoms in total. The van der Waals surface area contributed by atoms with Gasteiger partial charge in [0.1, 0.15) is 17.4 Å². The van der Waals surface area contributed by atoms with Crippen LogP contribution in [0.1, 0.15) is 10.6 Å². The maximum atomic E-state index is 5.83. The van der Waals surface area contributed by atoms with Gasteiger partial charge in [-0.1, -0.05) is 44.0 Å². The molecule has 0 aliphatic carbocycles. The summed E-state index contributed by atoms with van der Waals surface area (Å²) in [5, 5.41) is 1.79. The van der Waals surface area contributed by atoms with Gasteiger partial charge in [0.05, 0.1) is 10.2 Å². The molecule has 5 heteroatoms. The molecule has 0 N–H and O–H groups in total. The lowest BCUT2D eigenvalue weighted by Gasteiger charge is -2.07. The van der Waals surface area contributed by atoms with Gasteiger partial charge in [-0.05, 0) is 35.9 Å². The quantitative estimate of drug-likeness (QED) is 0.525. The smallest absolute Gasteiger partial charge is 0.140 e. The van der Waals surface area contributed by atoms with Gasteiger partial charge in [-0.2, -0.15) is 0 Å². The molecule has 0 saturated carbocycles. The van der Waals surface area contributed by atoms with Crippen LogP contribution in [0.4, 0.5) is 0 Å². The molecule has 0 amide bonds. The summed E-state index contributed by atoms with van der Waals surface area (Å²) in [4.78, 5) is 4.56. The first kappa shape index (κ1) is 14.0. The number of alkyl halides is 1. The molecule has 0 bridgehead atoms. The van der Waals surface area contributed by atoms with Gasteiger partial charge in [0.15, 0.2) is 0 Å². The van der Waals surface area contributed by atoms with E-state index in [2.05, 4.69) is 42.9 Å². The Hall–Kier alpha value is -0.910. The van der Waals surface area contributed by atoms with Crippen LogP contribution in [0.15, 0.2) is 46.9 Å². The van der Waals surface area contributed by atoms with E-state index < -0.39 is 0 Å². The van der Waals surface area contributed by atoms with Gasteiger partial charge in [-0.15, -0.1) is 11.3 Å².